The zero-order valence-electron chi connectivity index (χ0n) is 13.2. The largest absolute Gasteiger partial charge is 0.330 e. The molecule has 1 aromatic carbocycles. The zero-order chi connectivity index (χ0) is 15.9. The molecule has 0 fully saturated rings. The number of rotatable bonds is 8. The van der Waals surface area contributed by atoms with Gasteiger partial charge in [-0.15, -0.1) is 0 Å². The molecule has 0 heterocycles. The fraction of sp³-hybridized carbons (Fsp3) is 0.562. The lowest BCUT2D eigenvalue weighted by Gasteiger charge is -2.31. The van der Waals surface area contributed by atoms with Gasteiger partial charge in [-0.1, -0.05) is 32.9 Å². The van der Waals surface area contributed by atoms with Gasteiger partial charge in [0.15, 0.2) is 0 Å². The van der Waals surface area contributed by atoms with Crippen LogP contribution in [0.15, 0.2) is 28.7 Å². The Morgan fingerprint density at radius 1 is 1.38 bits per heavy atom. The van der Waals surface area contributed by atoms with E-state index in [1.165, 1.54) is 0 Å². The highest BCUT2D eigenvalue weighted by Crippen LogP contribution is 2.21. The van der Waals surface area contributed by atoms with E-state index in [9.17, 15) is 4.79 Å². The minimum atomic E-state index is 0.00294. The molecule has 0 spiro atoms. The Bertz CT molecular complexity index is 463. The van der Waals surface area contributed by atoms with Crippen molar-refractivity contribution in [1.29, 1.82) is 0 Å². The fourth-order valence-corrected chi connectivity index (χ4v) is 2.54. The van der Waals surface area contributed by atoms with Crippen molar-refractivity contribution in [3.63, 3.8) is 0 Å². The van der Waals surface area contributed by atoms with Crippen molar-refractivity contribution in [1.82, 2.24) is 4.90 Å². The van der Waals surface area contributed by atoms with Crippen LogP contribution in [-0.2, 0) is 4.79 Å². The van der Waals surface area contributed by atoms with Gasteiger partial charge in [-0.2, -0.15) is 0 Å². The van der Waals surface area contributed by atoms with E-state index in [0.29, 0.717) is 13.1 Å². The molecule has 0 aromatic heterocycles. The van der Waals surface area contributed by atoms with Gasteiger partial charge in [-0.3, -0.25) is 9.69 Å². The standard InChI is InChI=1S/C16H26BrN3O/c1-4-9-20(12-16(2,3)11-18)10-15(21)19-14-8-6-5-7-13(14)17/h5-8H,4,9-12,18H2,1-3H3,(H,19,21). The summed E-state index contributed by atoms with van der Waals surface area (Å²) in [6, 6.07) is 7.63. The van der Waals surface area contributed by atoms with Crippen molar-refractivity contribution in [2.45, 2.75) is 27.2 Å². The summed E-state index contributed by atoms with van der Waals surface area (Å²) in [5, 5.41) is 2.94. The summed E-state index contributed by atoms with van der Waals surface area (Å²) in [5.41, 5.74) is 6.61. The predicted molar refractivity (Wildman–Crippen MR) is 92.3 cm³/mol. The lowest BCUT2D eigenvalue weighted by molar-refractivity contribution is -0.117. The normalized spacial score (nSPS) is 11.7. The molecule has 118 valence electrons. The van der Waals surface area contributed by atoms with Gasteiger partial charge in [0.1, 0.15) is 0 Å². The zero-order valence-corrected chi connectivity index (χ0v) is 14.7. The van der Waals surface area contributed by atoms with Crippen LogP contribution in [0.4, 0.5) is 5.69 Å². The number of carbonyl (C=O) groups is 1. The second kappa shape index (κ2) is 8.51. The molecule has 0 atom stereocenters. The maximum Gasteiger partial charge on any atom is 0.238 e. The van der Waals surface area contributed by atoms with Gasteiger partial charge in [0.05, 0.1) is 12.2 Å². The topological polar surface area (TPSA) is 58.4 Å². The Balaban J connectivity index is 2.62. The number of hydrogen-bond donors (Lipinski definition) is 2. The van der Waals surface area contributed by atoms with E-state index >= 15 is 0 Å². The lowest BCUT2D eigenvalue weighted by atomic mass is 9.93. The molecule has 0 saturated heterocycles. The molecule has 0 aliphatic heterocycles. The number of amides is 1. The Hall–Kier alpha value is -0.910. The number of nitrogens with two attached hydrogens (primary N) is 1. The van der Waals surface area contributed by atoms with Crippen LogP contribution in [0.25, 0.3) is 0 Å². The van der Waals surface area contributed by atoms with Crippen LogP contribution in [0, 0.1) is 5.41 Å². The summed E-state index contributed by atoms with van der Waals surface area (Å²) >= 11 is 3.44. The Kier molecular flexibility index (Phi) is 7.35. The van der Waals surface area contributed by atoms with E-state index in [-0.39, 0.29) is 11.3 Å². The second-order valence-corrected chi connectivity index (χ2v) is 6.96. The second-order valence-electron chi connectivity index (χ2n) is 6.11. The number of para-hydroxylation sites is 1. The van der Waals surface area contributed by atoms with E-state index in [4.69, 9.17) is 5.73 Å². The van der Waals surface area contributed by atoms with Crippen LogP contribution in [0.1, 0.15) is 27.2 Å². The van der Waals surface area contributed by atoms with Crippen LogP contribution in [-0.4, -0.2) is 37.0 Å². The first kappa shape index (κ1) is 18.1. The third-order valence-corrected chi connectivity index (χ3v) is 3.95. The summed E-state index contributed by atoms with van der Waals surface area (Å²) in [6.45, 7) is 9.09. The summed E-state index contributed by atoms with van der Waals surface area (Å²) in [4.78, 5) is 14.4. The third-order valence-electron chi connectivity index (χ3n) is 3.26. The van der Waals surface area contributed by atoms with Crippen molar-refractivity contribution in [3.05, 3.63) is 28.7 Å². The van der Waals surface area contributed by atoms with E-state index in [2.05, 4.69) is 46.9 Å². The van der Waals surface area contributed by atoms with E-state index < -0.39 is 0 Å². The first-order valence-corrected chi connectivity index (χ1v) is 8.14. The van der Waals surface area contributed by atoms with Gasteiger partial charge in [-0.05, 0) is 53.0 Å². The van der Waals surface area contributed by atoms with Gasteiger partial charge in [0.25, 0.3) is 0 Å². The van der Waals surface area contributed by atoms with Gasteiger partial charge < -0.3 is 11.1 Å². The maximum absolute atomic E-state index is 12.2. The van der Waals surface area contributed by atoms with E-state index in [0.717, 1.165) is 29.7 Å². The minimum absolute atomic E-state index is 0.00294. The monoisotopic (exact) mass is 355 g/mol. The van der Waals surface area contributed by atoms with Crippen molar-refractivity contribution in [2.24, 2.45) is 11.1 Å². The molecule has 0 saturated carbocycles. The number of hydrogen-bond acceptors (Lipinski definition) is 3. The summed E-state index contributed by atoms with van der Waals surface area (Å²) in [6.07, 6.45) is 1.02. The highest BCUT2D eigenvalue weighted by molar-refractivity contribution is 9.10. The molecule has 1 rings (SSSR count). The van der Waals surface area contributed by atoms with Crippen molar-refractivity contribution >= 4 is 27.5 Å². The molecule has 0 radical (unpaired) electrons. The summed E-state index contributed by atoms with van der Waals surface area (Å²) in [5.74, 6) is 0.00294. The number of carbonyl (C=O) groups excluding carboxylic acids is 1. The molecule has 0 aliphatic carbocycles. The van der Waals surface area contributed by atoms with Crippen LogP contribution < -0.4 is 11.1 Å². The number of halogens is 1. The first-order chi connectivity index (χ1) is 9.88. The number of nitrogens with one attached hydrogen (secondary N) is 1. The summed E-state index contributed by atoms with van der Waals surface area (Å²) in [7, 11) is 0. The van der Waals surface area contributed by atoms with Crippen LogP contribution in [0.5, 0.6) is 0 Å². The smallest absolute Gasteiger partial charge is 0.238 e. The molecule has 21 heavy (non-hydrogen) atoms. The molecule has 0 unspecified atom stereocenters. The van der Waals surface area contributed by atoms with Crippen molar-refractivity contribution in [2.75, 3.05) is 31.5 Å². The average Bonchev–Trinajstić information content (AvgIpc) is 2.41. The number of nitrogens with zero attached hydrogens (tertiary/aromatic N) is 1. The van der Waals surface area contributed by atoms with Crippen LogP contribution >= 0.6 is 15.9 Å². The van der Waals surface area contributed by atoms with Crippen LogP contribution in [0.3, 0.4) is 0 Å². The maximum atomic E-state index is 12.2. The summed E-state index contributed by atoms with van der Waals surface area (Å²) < 4.78 is 0.891. The fourth-order valence-electron chi connectivity index (χ4n) is 2.16. The van der Waals surface area contributed by atoms with Crippen molar-refractivity contribution in [3.8, 4) is 0 Å². The molecule has 0 aliphatic rings. The quantitative estimate of drug-likeness (QED) is 0.753. The molecule has 1 aromatic rings. The number of anilines is 1. The average molecular weight is 356 g/mol. The lowest BCUT2D eigenvalue weighted by Crippen LogP contribution is -2.42. The van der Waals surface area contributed by atoms with Gasteiger partial charge in [0.2, 0.25) is 5.91 Å². The Labute approximate surface area is 136 Å². The minimum Gasteiger partial charge on any atom is -0.330 e. The van der Waals surface area contributed by atoms with Crippen LogP contribution in [0.2, 0.25) is 0 Å². The molecule has 3 N–H and O–H groups in total. The Morgan fingerprint density at radius 2 is 2.05 bits per heavy atom. The molecule has 4 nitrogen and oxygen atoms in total. The van der Waals surface area contributed by atoms with Crippen molar-refractivity contribution < 1.29 is 4.79 Å². The Morgan fingerprint density at radius 3 is 2.62 bits per heavy atom. The predicted octanol–water partition coefficient (Wildman–Crippen LogP) is 3.08. The van der Waals surface area contributed by atoms with Gasteiger partial charge in [0, 0.05) is 11.0 Å². The first-order valence-electron chi connectivity index (χ1n) is 7.35. The number of benzene rings is 1. The molecular formula is C16H26BrN3O. The molecule has 5 heteroatoms. The third kappa shape index (κ3) is 6.59. The molecule has 1 amide bonds. The van der Waals surface area contributed by atoms with E-state index in [1.54, 1.807) is 0 Å². The molecule has 0 bridgehead atoms. The molecular weight excluding hydrogens is 330 g/mol. The highest BCUT2D eigenvalue weighted by atomic mass is 79.9. The van der Waals surface area contributed by atoms with Gasteiger partial charge >= 0.3 is 0 Å². The van der Waals surface area contributed by atoms with E-state index in [1.807, 2.05) is 24.3 Å². The highest BCUT2D eigenvalue weighted by Gasteiger charge is 2.21. The SMILES string of the molecule is CCCN(CC(=O)Nc1ccccc1Br)CC(C)(C)CN. The van der Waals surface area contributed by atoms with Gasteiger partial charge in [-0.25, -0.2) is 0 Å².